The zero-order valence-electron chi connectivity index (χ0n) is 16.6. The first kappa shape index (κ1) is 26.1. The lowest BCUT2D eigenvalue weighted by molar-refractivity contribution is -0.137. The summed E-state index contributed by atoms with van der Waals surface area (Å²) in [6.07, 6.45) is 2.82. The maximum Gasteiger partial charge on any atom is 0.253 e. The first-order valence-corrected chi connectivity index (χ1v) is 10.0. The van der Waals surface area contributed by atoms with Crippen LogP contribution in [0.3, 0.4) is 0 Å². The number of carbonyl (C=O) groups excluding carboxylic acids is 4. The maximum atomic E-state index is 11.6. The number of nitrogens with one attached hydrogen (secondary N) is 2. The van der Waals surface area contributed by atoms with E-state index in [1.165, 1.54) is 12.2 Å². The SMILES string of the molecule is CC.O=C(CCS)NCCOCCOCCNC(=O)CCN1C(=O)C=CC1=O. The summed E-state index contributed by atoms with van der Waals surface area (Å²) in [6.45, 7) is 6.35. The summed E-state index contributed by atoms with van der Waals surface area (Å²) in [6, 6.07) is 0. The van der Waals surface area contributed by atoms with Crippen molar-refractivity contribution in [3.8, 4) is 0 Å². The molecule has 1 rings (SSSR count). The Morgan fingerprint density at radius 2 is 1.36 bits per heavy atom. The largest absolute Gasteiger partial charge is 0.377 e. The highest BCUT2D eigenvalue weighted by molar-refractivity contribution is 7.80. The van der Waals surface area contributed by atoms with Crippen molar-refractivity contribution in [2.45, 2.75) is 26.7 Å². The molecule has 0 aromatic heterocycles. The molecule has 1 aliphatic heterocycles. The van der Waals surface area contributed by atoms with Crippen LogP contribution in [0.25, 0.3) is 0 Å². The lowest BCUT2D eigenvalue weighted by Gasteiger charge is -2.13. The van der Waals surface area contributed by atoms with E-state index in [-0.39, 0.29) is 24.8 Å². The highest BCUT2D eigenvalue weighted by atomic mass is 32.1. The number of nitrogens with zero attached hydrogens (tertiary/aromatic N) is 1. The molecule has 0 aliphatic carbocycles. The lowest BCUT2D eigenvalue weighted by Crippen LogP contribution is -2.35. The molecule has 0 saturated carbocycles. The van der Waals surface area contributed by atoms with Crippen molar-refractivity contribution in [3.05, 3.63) is 12.2 Å². The van der Waals surface area contributed by atoms with Crippen LogP contribution in [0.4, 0.5) is 0 Å². The molecule has 0 bridgehead atoms. The van der Waals surface area contributed by atoms with Crippen molar-refractivity contribution in [2.24, 2.45) is 0 Å². The molecule has 1 heterocycles. The Labute approximate surface area is 171 Å². The highest BCUT2D eigenvalue weighted by Crippen LogP contribution is 2.03. The van der Waals surface area contributed by atoms with Crippen molar-refractivity contribution in [2.75, 3.05) is 51.8 Å². The van der Waals surface area contributed by atoms with E-state index < -0.39 is 11.8 Å². The van der Waals surface area contributed by atoms with Gasteiger partial charge in [-0.3, -0.25) is 24.1 Å². The summed E-state index contributed by atoms with van der Waals surface area (Å²) in [5.74, 6) is -0.581. The number of carbonyl (C=O) groups is 4. The Bertz CT molecular complexity index is 509. The number of imide groups is 1. The summed E-state index contributed by atoms with van der Waals surface area (Å²) in [5.41, 5.74) is 0. The predicted octanol–water partition coefficient (Wildman–Crippen LogP) is -0.0868. The fourth-order valence-corrected chi connectivity index (χ4v) is 2.19. The van der Waals surface area contributed by atoms with Crippen LogP contribution >= 0.6 is 12.6 Å². The Balaban J connectivity index is 0.00000352. The first-order chi connectivity index (χ1) is 13.5. The summed E-state index contributed by atoms with van der Waals surface area (Å²) in [7, 11) is 0. The summed E-state index contributed by atoms with van der Waals surface area (Å²) < 4.78 is 10.6. The van der Waals surface area contributed by atoms with Gasteiger partial charge in [-0.25, -0.2) is 0 Å². The fraction of sp³-hybridized carbons (Fsp3) is 0.667. The van der Waals surface area contributed by atoms with Crippen LogP contribution in [0.5, 0.6) is 0 Å². The van der Waals surface area contributed by atoms with Crippen molar-refractivity contribution in [1.29, 1.82) is 0 Å². The maximum absolute atomic E-state index is 11.6. The monoisotopic (exact) mass is 417 g/mol. The van der Waals surface area contributed by atoms with Crippen LogP contribution in [-0.2, 0) is 28.7 Å². The van der Waals surface area contributed by atoms with Crippen LogP contribution in [0.15, 0.2) is 12.2 Å². The number of amides is 4. The molecule has 2 N–H and O–H groups in total. The van der Waals surface area contributed by atoms with Gasteiger partial charge in [0.15, 0.2) is 0 Å². The second-order valence-corrected chi connectivity index (χ2v) is 5.76. The molecular weight excluding hydrogens is 386 g/mol. The minimum Gasteiger partial charge on any atom is -0.377 e. The average Bonchev–Trinajstić information content (AvgIpc) is 3.01. The summed E-state index contributed by atoms with van der Waals surface area (Å²) >= 11 is 3.96. The van der Waals surface area contributed by atoms with Gasteiger partial charge in [0, 0.05) is 44.6 Å². The van der Waals surface area contributed by atoms with E-state index in [1.807, 2.05) is 13.8 Å². The van der Waals surface area contributed by atoms with E-state index in [0.717, 1.165) is 4.90 Å². The topological polar surface area (TPSA) is 114 Å². The van der Waals surface area contributed by atoms with Gasteiger partial charge in [0.25, 0.3) is 11.8 Å². The minimum absolute atomic E-state index is 0.0506. The smallest absolute Gasteiger partial charge is 0.253 e. The molecule has 0 radical (unpaired) electrons. The lowest BCUT2D eigenvalue weighted by atomic mass is 10.3. The van der Waals surface area contributed by atoms with Crippen molar-refractivity contribution < 1.29 is 28.7 Å². The molecule has 9 nitrogen and oxygen atoms in total. The third-order valence-electron chi connectivity index (χ3n) is 3.31. The Kier molecular flexibility index (Phi) is 16.0. The van der Waals surface area contributed by atoms with Gasteiger partial charge in [-0.15, -0.1) is 0 Å². The van der Waals surface area contributed by atoms with E-state index >= 15 is 0 Å². The van der Waals surface area contributed by atoms with Crippen LogP contribution in [0, 0.1) is 0 Å². The van der Waals surface area contributed by atoms with E-state index in [2.05, 4.69) is 23.3 Å². The predicted molar refractivity (Wildman–Crippen MR) is 108 cm³/mol. The number of hydrogen-bond acceptors (Lipinski definition) is 7. The van der Waals surface area contributed by atoms with Gasteiger partial charge in [0.1, 0.15) is 0 Å². The zero-order valence-corrected chi connectivity index (χ0v) is 17.5. The normalized spacial score (nSPS) is 12.6. The minimum atomic E-state index is -0.396. The van der Waals surface area contributed by atoms with Crippen LogP contribution in [0.1, 0.15) is 26.7 Å². The summed E-state index contributed by atoms with van der Waals surface area (Å²) in [5, 5.41) is 5.34. The van der Waals surface area contributed by atoms with Crippen molar-refractivity contribution in [3.63, 3.8) is 0 Å². The van der Waals surface area contributed by atoms with Crippen LogP contribution in [-0.4, -0.2) is 80.3 Å². The third kappa shape index (κ3) is 12.5. The second-order valence-electron chi connectivity index (χ2n) is 5.31. The number of thiol groups is 1. The third-order valence-corrected chi connectivity index (χ3v) is 3.53. The quantitative estimate of drug-likeness (QED) is 0.207. The van der Waals surface area contributed by atoms with Gasteiger partial charge < -0.3 is 20.1 Å². The van der Waals surface area contributed by atoms with Gasteiger partial charge in [0.2, 0.25) is 11.8 Å². The molecule has 1 aliphatic rings. The number of hydrogen-bond donors (Lipinski definition) is 3. The Morgan fingerprint density at radius 1 is 0.893 bits per heavy atom. The molecule has 0 atom stereocenters. The van der Waals surface area contributed by atoms with Gasteiger partial charge in [-0.2, -0.15) is 12.6 Å². The standard InChI is InChI=1S/C16H25N3O6S.C2H6/c20-13(3-7-19-15(22)1-2-16(19)23)17-5-8-24-10-11-25-9-6-18-14(21)4-12-26;1-2/h1-2,26H,3-12H2,(H,17,20)(H,18,21);1-2H3. The van der Waals surface area contributed by atoms with Gasteiger partial charge in [-0.05, 0) is 5.75 Å². The van der Waals surface area contributed by atoms with Crippen molar-refractivity contribution >= 4 is 36.3 Å². The highest BCUT2D eigenvalue weighted by Gasteiger charge is 2.23. The Hall–Kier alpha value is -1.91. The van der Waals surface area contributed by atoms with E-state index in [4.69, 9.17) is 9.47 Å². The van der Waals surface area contributed by atoms with E-state index in [1.54, 1.807) is 0 Å². The van der Waals surface area contributed by atoms with Gasteiger partial charge in [-0.1, -0.05) is 13.8 Å². The van der Waals surface area contributed by atoms with Gasteiger partial charge >= 0.3 is 0 Å². The fourth-order valence-electron chi connectivity index (χ4n) is 1.99. The molecule has 0 unspecified atom stereocenters. The van der Waals surface area contributed by atoms with Gasteiger partial charge in [0.05, 0.1) is 26.4 Å². The molecule has 0 saturated heterocycles. The summed E-state index contributed by atoms with van der Waals surface area (Å²) in [4.78, 5) is 46.4. The zero-order chi connectivity index (χ0) is 21.2. The molecule has 4 amide bonds. The number of ether oxygens (including phenoxy) is 2. The average molecular weight is 418 g/mol. The van der Waals surface area contributed by atoms with Crippen LogP contribution < -0.4 is 10.6 Å². The Morgan fingerprint density at radius 3 is 1.82 bits per heavy atom. The molecule has 0 fully saturated rings. The van der Waals surface area contributed by atoms with E-state index in [0.29, 0.717) is 51.7 Å². The molecule has 28 heavy (non-hydrogen) atoms. The first-order valence-electron chi connectivity index (χ1n) is 9.38. The molecule has 0 aromatic rings. The molecular formula is C18H31N3O6S. The van der Waals surface area contributed by atoms with Crippen LogP contribution in [0.2, 0.25) is 0 Å². The molecule has 0 aromatic carbocycles. The van der Waals surface area contributed by atoms with Crippen molar-refractivity contribution in [1.82, 2.24) is 15.5 Å². The molecule has 160 valence electrons. The second kappa shape index (κ2) is 17.2. The number of rotatable bonds is 14. The molecule has 0 spiro atoms. The van der Waals surface area contributed by atoms with E-state index in [9.17, 15) is 19.2 Å². The molecule has 10 heteroatoms.